The molecule has 0 bridgehead atoms. The van der Waals surface area contributed by atoms with Gasteiger partial charge in [0.1, 0.15) is 15.8 Å². The maximum Gasteiger partial charge on any atom is 0.316 e. The van der Waals surface area contributed by atoms with Crippen LogP contribution in [0.25, 0.3) is 0 Å². The van der Waals surface area contributed by atoms with Gasteiger partial charge in [0.05, 0.1) is 5.75 Å². The van der Waals surface area contributed by atoms with Crippen LogP contribution in [0.5, 0.6) is 0 Å². The molecule has 0 heterocycles. The van der Waals surface area contributed by atoms with E-state index in [1.807, 2.05) is 0 Å². The summed E-state index contributed by atoms with van der Waals surface area (Å²) in [6, 6.07) is -0.614. The van der Waals surface area contributed by atoms with Crippen LogP contribution in [0.4, 0.5) is 0 Å². The fourth-order valence-electron chi connectivity index (χ4n) is 1.70. The molecule has 0 saturated heterocycles. The molecule has 6 nitrogen and oxygen atoms in total. The molecule has 0 spiro atoms. The maximum atomic E-state index is 11.8. The number of sulfone groups is 1. The highest BCUT2D eigenvalue weighted by molar-refractivity contribution is 7.90. The summed E-state index contributed by atoms with van der Waals surface area (Å²) in [6.07, 6.45) is 1.06. The number of carbonyl (C=O) groups is 2. The van der Waals surface area contributed by atoms with E-state index in [9.17, 15) is 18.0 Å². The van der Waals surface area contributed by atoms with Crippen LogP contribution in [0.1, 0.15) is 27.7 Å². The maximum absolute atomic E-state index is 11.8. The zero-order valence-electron chi connectivity index (χ0n) is 11.4. The number of amides is 1. The molecule has 2 unspecified atom stereocenters. The Morgan fingerprint density at radius 1 is 1.28 bits per heavy atom. The zero-order chi connectivity index (χ0) is 14.7. The van der Waals surface area contributed by atoms with Gasteiger partial charge in [-0.1, -0.05) is 20.8 Å². The predicted molar refractivity (Wildman–Crippen MR) is 67.9 cm³/mol. The molecule has 0 rings (SSSR count). The van der Waals surface area contributed by atoms with Crippen molar-refractivity contribution in [2.24, 2.45) is 11.3 Å². The van der Waals surface area contributed by atoms with E-state index in [1.54, 1.807) is 20.8 Å². The lowest BCUT2D eigenvalue weighted by atomic mass is 9.80. The Morgan fingerprint density at radius 2 is 1.72 bits per heavy atom. The largest absolute Gasteiger partial charge is 0.481 e. The van der Waals surface area contributed by atoms with E-state index >= 15 is 0 Å². The zero-order valence-corrected chi connectivity index (χ0v) is 12.2. The third kappa shape index (κ3) is 6.00. The number of carboxylic acid groups (broad SMARTS) is 1. The van der Waals surface area contributed by atoms with Gasteiger partial charge in [-0.05, 0) is 12.3 Å². The average Bonchev–Trinajstić information content (AvgIpc) is 1.93. The molecule has 0 aliphatic rings. The first-order chi connectivity index (χ1) is 7.84. The normalized spacial score (nSPS) is 15.8. The Balaban J connectivity index is 4.79. The fourth-order valence-corrected chi connectivity index (χ4v) is 2.69. The van der Waals surface area contributed by atoms with Crippen molar-refractivity contribution in [2.75, 3.05) is 12.0 Å². The predicted octanol–water partition coefficient (Wildman–Crippen LogP) is 0.283. The van der Waals surface area contributed by atoms with E-state index < -0.39 is 39.1 Å². The van der Waals surface area contributed by atoms with Crippen LogP contribution >= 0.6 is 0 Å². The van der Waals surface area contributed by atoms with Crippen LogP contribution in [0.15, 0.2) is 0 Å². The molecule has 106 valence electrons. The lowest BCUT2D eigenvalue weighted by Gasteiger charge is -2.27. The number of carboxylic acids is 1. The van der Waals surface area contributed by atoms with Crippen molar-refractivity contribution < 1.29 is 23.1 Å². The van der Waals surface area contributed by atoms with Crippen LogP contribution in [0.2, 0.25) is 0 Å². The summed E-state index contributed by atoms with van der Waals surface area (Å²) in [6.45, 7) is 6.46. The lowest BCUT2D eigenvalue weighted by Crippen LogP contribution is -2.47. The van der Waals surface area contributed by atoms with Crippen LogP contribution < -0.4 is 5.32 Å². The van der Waals surface area contributed by atoms with E-state index in [1.165, 1.54) is 6.92 Å². The summed E-state index contributed by atoms with van der Waals surface area (Å²) in [7, 11) is -3.21. The monoisotopic (exact) mass is 279 g/mol. The number of aliphatic carboxylic acids is 1. The summed E-state index contributed by atoms with van der Waals surface area (Å²) in [5.41, 5.74) is -0.735. The van der Waals surface area contributed by atoms with E-state index in [2.05, 4.69) is 5.32 Å². The molecule has 0 saturated carbocycles. The molecule has 2 atom stereocenters. The molecule has 0 aliphatic heterocycles. The highest BCUT2D eigenvalue weighted by atomic mass is 32.2. The summed E-state index contributed by atoms with van der Waals surface area (Å²) in [4.78, 5) is 22.9. The van der Waals surface area contributed by atoms with Gasteiger partial charge in [0.25, 0.3) is 0 Å². The summed E-state index contributed by atoms with van der Waals surface area (Å²) < 4.78 is 22.1. The smallest absolute Gasteiger partial charge is 0.316 e. The molecule has 0 radical (unpaired) electrons. The number of nitrogens with one attached hydrogen (secondary N) is 1. The second-order valence-corrected chi connectivity index (χ2v) is 7.82. The van der Waals surface area contributed by atoms with Gasteiger partial charge in [0.2, 0.25) is 5.91 Å². The van der Waals surface area contributed by atoms with E-state index in [-0.39, 0.29) is 5.75 Å². The van der Waals surface area contributed by atoms with Crippen molar-refractivity contribution in [3.63, 3.8) is 0 Å². The van der Waals surface area contributed by atoms with Crippen LogP contribution in [0, 0.1) is 11.3 Å². The van der Waals surface area contributed by atoms with Gasteiger partial charge in [0, 0.05) is 12.3 Å². The van der Waals surface area contributed by atoms with Gasteiger partial charge in [-0.25, -0.2) is 8.42 Å². The molecule has 0 aromatic heterocycles. The Bertz CT molecular complexity index is 421. The van der Waals surface area contributed by atoms with Gasteiger partial charge >= 0.3 is 5.97 Å². The average molecular weight is 279 g/mol. The van der Waals surface area contributed by atoms with Gasteiger partial charge in [-0.15, -0.1) is 0 Å². The highest BCUT2D eigenvalue weighted by Crippen LogP contribution is 2.26. The quantitative estimate of drug-likeness (QED) is 0.704. The van der Waals surface area contributed by atoms with Crippen LogP contribution in [-0.2, 0) is 19.4 Å². The van der Waals surface area contributed by atoms with E-state index in [0.717, 1.165) is 6.26 Å². The molecule has 0 aromatic carbocycles. The minimum atomic E-state index is -3.21. The van der Waals surface area contributed by atoms with Gasteiger partial charge in [0.15, 0.2) is 0 Å². The Labute approximate surface area is 108 Å². The molecule has 0 aromatic rings. The fraction of sp³-hybridized carbons (Fsp3) is 0.818. The molecule has 7 heteroatoms. The minimum absolute atomic E-state index is 0.213. The third-order valence-corrected chi connectivity index (χ3v) is 3.42. The third-order valence-electron chi connectivity index (χ3n) is 2.32. The van der Waals surface area contributed by atoms with Crippen LogP contribution in [0.3, 0.4) is 0 Å². The van der Waals surface area contributed by atoms with Gasteiger partial charge in [-0.3, -0.25) is 9.59 Å². The molecule has 0 aliphatic carbocycles. The number of carbonyl (C=O) groups excluding carboxylic acids is 1. The van der Waals surface area contributed by atoms with Gasteiger partial charge in [-0.2, -0.15) is 0 Å². The second kappa shape index (κ2) is 5.69. The van der Waals surface area contributed by atoms with Crippen molar-refractivity contribution in [3.8, 4) is 0 Å². The van der Waals surface area contributed by atoms with Crippen LogP contribution in [-0.4, -0.2) is 43.5 Å². The summed E-state index contributed by atoms with van der Waals surface area (Å²) >= 11 is 0. The van der Waals surface area contributed by atoms with Crippen molar-refractivity contribution in [3.05, 3.63) is 0 Å². The first kappa shape index (κ1) is 16.9. The number of hydrogen-bond acceptors (Lipinski definition) is 4. The van der Waals surface area contributed by atoms with Crippen molar-refractivity contribution in [2.45, 2.75) is 33.7 Å². The standard InChI is InChI=1S/C11H21NO5S/c1-7(6-18(5,16)17)12-9(13)8(10(14)15)11(2,3)4/h7-8H,6H2,1-5H3,(H,12,13)(H,14,15). The van der Waals surface area contributed by atoms with Crippen molar-refractivity contribution in [1.82, 2.24) is 5.32 Å². The Hall–Kier alpha value is -1.11. The van der Waals surface area contributed by atoms with E-state index in [4.69, 9.17) is 5.11 Å². The Kier molecular flexibility index (Phi) is 5.34. The molecule has 1 amide bonds. The van der Waals surface area contributed by atoms with Crippen molar-refractivity contribution in [1.29, 1.82) is 0 Å². The molecule has 0 fully saturated rings. The van der Waals surface area contributed by atoms with Crippen molar-refractivity contribution >= 4 is 21.7 Å². The number of hydrogen-bond donors (Lipinski definition) is 2. The minimum Gasteiger partial charge on any atom is -0.481 e. The highest BCUT2D eigenvalue weighted by Gasteiger charge is 2.38. The Morgan fingerprint density at radius 3 is 2.00 bits per heavy atom. The first-order valence-corrected chi connectivity index (χ1v) is 7.61. The lowest BCUT2D eigenvalue weighted by molar-refractivity contribution is -0.151. The molecular weight excluding hydrogens is 258 g/mol. The van der Waals surface area contributed by atoms with E-state index in [0.29, 0.717) is 0 Å². The summed E-state index contributed by atoms with van der Waals surface area (Å²) in [5, 5.41) is 11.5. The number of rotatable bonds is 5. The second-order valence-electron chi connectivity index (χ2n) is 5.64. The molecule has 2 N–H and O–H groups in total. The molecule has 18 heavy (non-hydrogen) atoms. The molecular formula is C11H21NO5S. The topological polar surface area (TPSA) is 101 Å². The summed E-state index contributed by atoms with van der Waals surface area (Å²) in [5.74, 6) is -3.30. The SMILES string of the molecule is CC(CS(C)(=O)=O)NC(=O)C(C(=O)O)C(C)(C)C. The van der Waals surface area contributed by atoms with Gasteiger partial charge < -0.3 is 10.4 Å². The first-order valence-electron chi connectivity index (χ1n) is 5.55.